The van der Waals surface area contributed by atoms with Crippen molar-refractivity contribution in [2.75, 3.05) is 5.32 Å². The molecule has 0 aliphatic carbocycles. The van der Waals surface area contributed by atoms with Gasteiger partial charge in [0.15, 0.2) is 0 Å². The molecule has 94 valence electrons. The molecule has 0 saturated heterocycles. The smallest absolute Gasteiger partial charge is 0.419 e. The highest BCUT2D eigenvalue weighted by molar-refractivity contribution is 7.20. The topological polar surface area (TPSA) is 66.4 Å². The number of carboxylic acid groups (broad SMARTS) is 1. The molecule has 0 aliphatic heterocycles. The van der Waals surface area contributed by atoms with Crippen molar-refractivity contribution in [1.29, 1.82) is 0 Å². The zero-order valence-electron chi connectivity index (χ0n) is 8.18. The lowest BCUT2D eigenvalue weighted by Crippen LogP contribution is -2.14. The summed E-state index contributed by atoms with van der Waals surface area (Å²) in [4.78, 5) is 21.5. The van der Waals surface area contributed by atoms with E-state index in [2.05, 4.69) is 0 Å². The fourth-order valence-corrected chi connectivity index (χ4v) is 2.53. The first-order chi connectivity index (χ1) is 7.64. The maximum Gasteiger partial charge on any atom is 0.419 e. The standard InChI is InChI=1S/C8H5ClF3NO3S/c1-2(14)13-6-3(7(15)16)4(5(9)17-6)8(10,11)12/h1H3,(H,13,14)(H,15,16). The number of alkyl halides is 3. The highest BCUT2D eigenvalue weighted by Gasteiger charge is 2.41. The number of amides is 1. The fourth-order valence-electron chi connectivity index (χ4n) is 1.11. The van der Waals surface area contributed by atoms with Crippen molar-refractivity contribution in [3.8, 4) is 0 Å². The van der Waals surface area contributed by atoms with Crippen LogP contribution in [0.1, 0.15) is 22.8 Å². The van der Waals surface area contributed by atoms with Crippen molar-refractivity contribution >= 4 is 39.8 Å². The van der Waals surface area contributed by atoms with Gasteiger partial charge in [0.2, 0.25) is 5.91 Å². The number of aromatic carboxylic acids is 1. The number of nitrogens with one attached hydrogen (secondary N) is 1. The molecule has 1 amide bonds. The summed E-state index contributed by atoms with van der Waals surface area (Å²) in [5.74, 6) is -2.48. The Kier molecular flexibility index (Phi) is 3.68. The molecule has 0 bridgehead atoms. The number of carbonyl (C=O) groups excluding carboxylic acids is 1. The normalized spacial score (nSPS) is 11.4. The fraction of sp³-hybridized carbons (Fsp3) is 0.250. The van der Waals surface area contributed by atoms with Crippen LogP contribution in [-0.4, -0.2) is 17.0 Å². The minimum absolute atomic E-state index is 0.357. The van der Waals surface area contributed by atoms with Crippen molar-refractivity contribution in [1.82, 2.24) is 0 Å². The van der Waals surface area contributed by atoms with E-state index in [0.29, 0.717) is 11.3 Å². The third-order valence-corrected chi connectivity index (χ3v) is 2.97. The van der Waals surface area contributed by atoms with Crippen LogP contribution in [0.4, 0.5) is 18.2 Å². The Bertz CT molecular complexity index is 483. The summed E-state index contributed by atoms with van der Waals surface area (Å²) in [7, 11) is 0. The Morgan fingerprint density at radius 1 is 1.41 bits per heavy atom. The molecule has 0 saturated carbocycles. The second-order valence-electron chi connectivity index (χ2n) is 2.94. The second kappa shape index (κ2) is 4.53. The minimum atomic E-state index is -4.89. The number of anilines is 1. The molecule has 0 atom stereocenters. The first kappa shape index (κ1) is 13.8. The van der Waals surface area contributed by atoms with Crippen LogP contribution < -0.4 is 5.32 Å². The van der Waals surface area contributed by atoms with E-state index in [1.54, 1.807) is 0 Å². The molecule has 0 spiro atoms. The van der Waals surface area contributed by atoms with Gasteiger partial charge in [0.05, 0.1) is 0 Å². The number of carboxylic acids is 1. The van der Waals surface area contributed by atoms with Gasteiger partial charge in [0.1, 0.15) is 20.5 Å². The third kappa shape index (κ3) is 2.89. The van der Waals surface area contributed by atoms with Crippen LogP contribution in [0.25, 0.3) is 0 Å². The van der Waals surface area contributed by atoms with Gasteiger partial charge in [-0.05, 0) is 0 Å². The van der Waals surface area contributed by atoms with E-state index in [9.17, 15) is 22.8 Å². The highest BCUT2D eigenvalue weighted by Crippen LogP contribution is 2.45. The minimum Gasteiger partial charge on any atom is -0.478 e. The largest absolute Gasteiger partial charge is 0.478 e. The lowest BCUT2D eigenvalue weighted by Gasteiger charge is -2.07. The van der Waals surface area contributed by atoms with Crippen LogP contribution >= 0.6 is 22.9 Å². The summed E-state index contributed by atoms with van der Waals surface area (Å²) in [6.45, 7) is 1.05. The zero-order chi connectivity index (χ0) is 13.4. The highest BCUT2D eigenvalue weighted by atomic mass is 35.5. The average Bonchev–Trinajstić information content (AvgIpc) is 2.39. The summed E-state index contributed by atoms with van der Waals surface area (Å²) >= 11 is 5.70. The molecule has 1 aromatic rings. The van der Waals surface area contributed by atoms with Gasteiger partial charge in [0.25, 0.3) is 0 Å². The summed E-state index contributed by atoms with van der Waals surface area (Å²) in [6, 6.07) is 0. The second-order valence-corrected chi connectivity index (χ2v) is 4.56. The third-order valence-electron chi connectivity index (χ3n) is 1.65. The van der Waals surface area contributed by atoms with Crippen molar-refractivity contribution in [3.05, 3.63) is 15.5 Å². The van der Waals surface area contributed by atoms with Crippen molar-refractivity contribution in [3.63, 3.8) is 0 Å². The molecular weight excluding hydrogens is 283 g/mol. The van der Waals surface area contributed by atoms with Gasteiger partial charge >= 0.3 is 12.1 Å². The molecule has 0 unspecified atom stereocenters. The molecule has 2 N–H and O–H groups in total. The van der Waals surface area contributed by atoms with Gasteiger partial charge in [-0.2, -0.15) is 13.2 Å². The predicted octanol–water partition coefficient (Wildman–Crippen LogP) is 3.08. The summed E-state index contributed by atoms with van der Waals surface area (Å²) < 4.78 is 37.0. The molecular formula is C8H5ClF3NO3S. The SMILES string of the molecule is CC(=O)Nc1sc(Cl)c(C(F)(F)F)c1C(=O)O. The Morgan fingerprint density at radius 3 is 2.29 bits per heavy atom. The van der Waals surface area contributed by atoms with Gasteiger partial charge in [-0.15, -0.1) is 11.3 Å². The van der Waals surface area contributed by atoms with Crippen LogP contribution in [0.3, 0.4) is 0 Å². The summed E-state index contributed by atoms with van der Waals surface area (Å²) in [5, 5.41) is 10.3. The van der Waals surface area contributed by atoms with Crippen molar-refractivity contribution < 1.29 is 27.9 Å². The lowest BCUT2D eigenvalue weighted by molar-refractivity contribution is -0.137. The lowest BCUT2D eigenvalue weighted by atomic mass is 10.2. The van der Waals surface area contributed by atoms with E-state index in [4.69, 9.17) is 16.7 Å². The maximum atomic E-state index is 12.6. The molecule has 4 nitrogen and oxygen atoms in total. The van der Waals surface area contributed by atoms with Crippen LogP contribution in [0.5, 0.6) is 0 Å². The Hall–Kier alpha value is -1.28. The Balaban J connectivity index is 3.45. The van der Waals surface area contributed by atoms with Crippen molar-refractivity contribution in [2.24, 2.45) is 0 Å². The number of carbonyl (C=O) groups is 2. The molecule has 0 fully saturated rings. The van der Waals surface area contributed by atoms with Crippen molar-refractivity contribution in [2.45, 2.75) is 13.1 Å². The average molecular weight is 288 g/mol. The number of hydrogen-bond acceptors (Lipinski definition) is 3. The summed E-state index contributed by atoms with van der Waals surface area (Å²) in [5.41, 5.74) is -2.48. The first-order valence-electron chi connectivity index (χ1n) is 4.05. The van der Waals surface area contributed by atoms with E-state index in [1.807, 2.05) is 5.32 Å². The van der Waals surface area contributed by atoms with E-state index in [0.717, 1.165) is 6.92 Å². The monoisotopic (exact) mass is 287 g/mol. The summed E-state index contributed by atoms with van der Waals surface area (Å²) in [6.07, 6.45) is -4.89. The van der Waals surface area contributed by atoms with Gasteiger partial charge in [-0.1, -0.05) is 11.6 Å². The molecule has 1 aromatic heterocycles. The number of thiophene rings is 1. The van der Waals surface area contributed by atoms with Gasteiger partial charge in [-0.25, -0.2) is 4.79 Å². The maximum absolute atomic E-state index is 12.6. The number of hydrogen-bond donors (Lipinski definition) is 2. The van der Waals surface area contributed by atoms with Gasteiger partial charge in [-0.3, -0.25) is 4.79 Å². The molecule has 0 radical (unpaired) electrons. The molecule has 17 heavy (non-hydrogen) atoms. The molecule has 1 rings (SSSR count). The van der Waals surface area contributed by atoms with Crippen LogP contribution in [-0.2, 0) is 11.0 Å². The first-order valence-corrected chi connectivity index (χ1v) is 5.24. The van der Waals surface area contributed by atoms with E-state index >= 15 is 0 Å². The quantitative estimate of drug-likeness (QED) is 0.878. The molecule has 0 aromatic carbocycles. The molecule has 0 aliphatic rings. The van der Waals surface area contributed by atoms with E-state index in [-0.39, 0.29) is 0 Å². The van der Waals surface area contributed by atoms with Gasteiger partial charge in [0, 0.05) is 6.92 Å². The van der Waals surface area contributed by atoms with E-state index < -0.39 is 38.5 Å². The van der Waals surface area contributed by atoms with Crippen LogP contribution in [0.15, 0.2) is 0 Å². The zero-order valence-corrected chi connectivity index (χ0v) is 9.76. The van der Waals surface area contributed by atoms with E-state index in [1.165, 1.54) is 0 Å². The predicted molar refractivity (Wildman–Crippen MR) is 55.6 cm³/mol. The Labute approximate surface area is 102 Å². The molecule has 9 heteroatoms. The van der Waals surface area contributed by atoms with Gasteiger partial charge < -0.3 is 10.4 Å². The number of rotatable bonds is 2. The van der Waals surface area contributed by atoms with Crippen LogP contribution in [0, 0.1) is 0 Å². The Morgan fingerprint density at radius 2 is 1.94 bits per heavy atom. The van der Waals surface area contributed by atoms with Crippen LogP contribution in [0.2, 0.25) is 4.34 Å². The molecule has 1 heterocycles. The number of halogens is 4.